The lowest BCUT2D eigenvalue weighted by molar-refractivity contribution is -0.121. The molecule has 0 saturated carbocycles. The zero-order chi connectivity index (χ0) is 16.4. The lowest BCUT2D eigenvalue weighted by Crippen LogP contribution is -2.37. The Morgan fingerprint density at radius 1 is 1.52 bits per heavy atom. The normalized spacial score (nSPS) is 12.3. The predicted octanol–water partition coefficient (Wildman–Crippen LogP) is 1.17. The molecule has 8 nitrogen and oxygen atoms in total. The molecule has 0 aromatic carbocycles. The molecule has 0 aliphatic rings. The molecule has 3 aromatic heterocycles. The van der Waals surface area contributed by atoms with Gasteiger partial charge in [0.1, 0.15) is 11.8 Å². The number of aromatic nitrogens is 3. The van der Waals surface area contributed by atoms with Gasteiger partial charge in [-0.05, 0) is 26.0 Å². The van der Waals surface area contributed by atoms with Crippen molar-refractivity contribution in [3.8, 4) is 0 Å². The van der Waals surface area contributed by atoms with Gasteiger partial charge in [-0.1, -0.05) is 11.3 Å². The summed E-state index contributed by atoms with van der Waals surface area (Å²) >= 11 is 1.22. The third-order valence-electron chi connectivity index (χ3n) is 3.12. The van der Waals surface area contributed by atoms with Crippen molar-refractivity contribution in [1.29, 1.82) is 0 Å². The van der Waals surface area contributed by atoms with Gasteiger partial charge in [-0.2, -0.15) is 4.52 Å². The van der Waals surface area contributed by atoms with Gasteiger partial charge in [0.2, 0.25) is 16.0 Å². The van der Waals surface area contributed by atoms with E-state index < -0.39 is 6.04 Å². The first-order chi connectivity index (χ1) is 11.0. The van der Waals surface area contributed by atoms with Crippen LogP contribution in [0.3, 0.4) is 0 Å². The van der Waals surface area contributed by atoms with E-state index in [0.717, 1.165) is 0 Å². The lowest BCUT2D eigenvalue weighted by Gasteiger charge is -2.11. The quantitative estimate of drug-likeness (QED) is 0.727. The van der Waals surface area contributed by atoms with E-state index in [2.05, 4.69) is 20.7 Å². The van der Waals surface area contributed by atoms with Gasteiger partial charge in [-0.15, -0.1) is 5.10 Å². The fourth-order valence-electron chi connectivity index (χ4n) is 1.97. The molecule has 0 fully saturated rings. The second kappa shape index (κ2) is 6.21. The highest BCUT2D eigenvalue weighted by Gasteiger charge is 2.16. The summed E-state index contributed by atoms with van der Waals surface area (Å²) in [5, 5.41) is 10.3. The van der Waals surface area contributed by atoms with E-state index in [0.29, 0.717) is 28.1 Å². The molecule has 23 heavy (non-hydrogen) atoms. The van der Waals surface area contributed by atoms with Crippen molar-refractivity contribution >= 4 is 27.3 Å². The summed E-state index contributed by atoms with van der Waals surface area (Å²) in [6.07, 6.45) is 1.55. The Kier molecular flexibility index (Phi) is 4.11. The van der Waals surface area contributed by atoms with E-state index in [9.17, 15) is 9.59 Å². The fraction of sp³-hybridized carbons (Fsp3) is 0.286. The van der Waals surface area contributed by atoms with Gasteiger partial charge >= 0.3 is 0 Å². The molecular formula is C14H15N5O3S. The van der Waals surface area contributed by atoms with Crippen LogP contribution in [0.2, 0.25) is 0 Å². The van der Waals surface area contributed by atoms with Gasteiger partial charge in [0.15, 0.2) is 0 Å². The smallest absolute Gasteiger partial charge is 0.275 e. The van der Waals surface area contributed by atoms with Gasteiger partial charge in [-0.25, -0.2) is 4.98 Å². The molecule has 0 spiro atoms. The Labute approximate surface area is 135 Å². The molecule has 1 unspecified atom stereocenters. The van der Waals surface area contributed by atoms with Crippen molar-refractivity contribution in [2.24, 2.45) is 0 Å². The minimum absolute atomic E-state index is 0.197. The Bertz CT molecular complexity index is 884. The molecule has 0 saturated heterocycles. The van der Waals surface area contributed by atoms with Crippen molar-refractivity contribution in [2.75, 3.05) is 5.32 Å². The Hall–Kier alpha value is -2.68. The standard InChI is InChI=1S/C14H15N5O3S/c1-8-6-11(20)19-14(16-8)23-13(18-19)17-9(2)12(21)15-7-10-4-3-5-22-10/h3-6,9H,7H2,1-2H3,(H,15,21)(H,17,18). The molecule has 3 rings (SSSR count). The molecule has 0 aliphatic heterocycles. The van der Waals surface area contributed by atoms with Gasteiger partial charge in [-0.3, -0.25) is 9.59 Å². The predicted molar refractivity (Wildman–Crippen MR) is 85.5 cm³/mol. The lowest BCUT2D eigenvalue weighted by atomic mass is 10.3. The molecule has 120 valence electrons. The van der Waals surface area contributed by atoms with Crippen molar-refractivity contribution < 1.29 is 9.21 Å². The Balaban J connectivity index is 1.67. The summed E-state index contributed by atoms with van der Waals surface area (Å²) in [6.45, 7) is 3.78. The number of furan rings is 1. The first kappa shape index (κ1) is 15.2. The number of carbonyl (C=O) groups is 1. The summed E-state index contributed by atoms with van der Waals surface area (Å²) in [7, 11) is 0. The summed E-state index contributed by atoms with van der Waals surface area (Å²) in [6, 6.07) is 4.45. The Morgan fingerprint density at radius 3 is 3.09 bits per heavy atom. The minimum atomic E-state index is -0.512. The van der Waals surface area contributed by atoms with E-state index in [1.54, 1.807) is 32.2 Å². The summed E-state index contributed by atoms with van der Waals surface area (Å²) in [5.41, 5.74) is 0.390. The van der Waals surface area contributed by atoms with Gasteiger partial charge in [0.25, 0.3) is 5.56 Å². The number of amides is 1. The van der Waals surface area contributed by atoms with Crippen LogP contribution in [0.5, 0.6) is 0 Å². The second-order valence-electron chi connectivity index (χ2n) is 5.00. The Morgan fingerprint density at radius 2 is 2.35 bits per heavy atom. The summed E-state index contributed by atoms with van der Waals surface area (Å²) < 4.78 is 6.37. The zero-order valence-electron chi connectivity index (χ0n) is 12.6. The van der Waals surface area contributed by atoms with Gasteiger partial charge < -0.3 is 15.1 Å². The fourth-order valence-corrected chi connectivity index (χ4v) is 2.91. The van der Waals surface area contributed by atoms with Crippen LogP contribution in [0.15, 0.2) is 33.7 Å². The molecule has 0 radical (unpaired) electrons. The monoisotopic (exact) mass is 333 g/mol. The highest BCUT2D eigenvalue weighted by molar-refractivity contribution is 7.20. The molecule has 0 bridgehead atoms. The number of nitrogens with one attached hydrogen (secondary N) is 2. The zero-order valence-corrected chi connectivity index (χ0v) is 13.4. The first-order valence-corrected chi connectivity index (χ1v) is 7.79. The molecule has 1 atom stereocenters. The van der Waals surface area contributed by atoms with Gasteiger partial charge in [0.05, 0.1) is 12.8 Å². The van der Waals surface area contributed by atoms with Crippen molar-refractivity contribution in [3.05, 3.63) is 46.3 Å². The van der Waals surface area contributed by atoms with Crippen LogP contribution in [-0.4, -0.2) is 26.5 Å². The average Bonchev–Trinajstić information content (AvgIpc) is 3.13. The average molecular weight is 333 g/mol. The third kappa shape index (κ3) is 3.39. The number of hydrogen-bond acceptors (Lipinski definition) is 7. The maximum absolute atomic E-state index is 12.1. The number of rotatable bonds is 5. The van der Waals surface area contributed by atoms with Crippen LogP contribution < -0.4 is 16.2 Å². The second-order valence-corrected chi connectivity index (χ2v) is 5.96. The highest BCUT2D eigenvalue weighted by atomic mass is 32.1. The van der Waals surface area contributed by atoms with Crippen molar-refractivity contribution in [3.63, 3.8) is 0 Å². The number of nitrogens with zero attached hydrogens (tertiary/aromatic N) is 3. The van der Waals surface area contributed by atoms with E-state index in [-0.39, 0.29) is 11.5 Å². The number of hydrogen-bond donors (Lipinski definition) is 2. The first-order valence-electron chi connectivity index (χ1n) is 6.97. The number of fused-ring (bicyclic) bond motifs is 1. The number of carbonyl (C=O) groups excluding carboxylic acids is 1. The molecule has 9 heteroatoms. The summed E-state index contributed by atoms with van der Waals surface area (Å²) in [5.74, 6) is 0.480. The van der Waals surface area contributed by atoms with Crippen LogP contribution in [0.4, 0.5) is 5.13 Å². The van der Waals surface area contributed by atoms with E-state index in [1.165, 1.54) is 21.9 Å². The van der Waals surface area contributed by atoms with E-state index in [4.69, 9.17) is 4.42 Å². The molecular weight excluding hydrogens is 318 g/mol. The highest BCUT2D eigenvalue weighted by Crippen LogP contribution is 2.17. The molecule has 3 heterocycles. The van der Waals surface area contributed by atoms with Crippen LogP contribution >= 0.6 is 11.3 Å². The third-order valence-corrected chi connectivity index (χ3v) is 3.96. The van der Waals surface area contributed by atoms with E-state index in [1.807, 2.05) is 0 Å². The van der Waals surface area contributed by atoms with Crippen molar-refractivity contribution in [2.45, 2.75) is 26.4 Å². The maximum Gasteiger partial charge on any atom is 0.275 e. The van der Waals surface area contributed by atoms with E-state index >= 15 is 0 Å². The molecule has 1 amide bonds. The maximum atomic E-state index is 12.1. The molecule has 2 N–H and O–H groups in total. The molecule has 0 aliphatic carbocycles. The SMILES string of the molecule is Cc1cc(=O)n2nc(NC(C)C(=O)NCc3ccco3)sc2n1. The van der Waals surface area contributed by atoms with Crippen LogP contribution in [0.1, 0.15) is 18.4 Å². The number of anilines is 1. The van der Waals surface area contributed by atoms with Crippen LogP contribution in [-0.2, 0) is 11.3 Å². The molecule has 3 aromatic rings. The largest absolute Gasteiger partial charge is 0.467 e. The minimum Gasteiger partial charge on any atom is -0.467 e. The van der Waals surface area contributed by atoms with Gasteiger partial charge in [0, 0.05) is 11.8 Å². The van der Waals surface area contributed by atoms with Crippen molar-refractivity contribution in [1.82, 2.24) is 19.9 Å². The summed E-state index contributed by atoms with van der Waals surface area (Å²) in [4.78, 5) is 28.6. The van der Waals surface area contributed by atoms with Crippen LogP contribution in [0, 0.1) is 6.92 Å². The number of aryl methyl sites for hydroxylation is 1. The topological polar surface area (TPSA) is 102 Å². The van der Waals surface area contributed by atoms with Crippen LogP contribution in [0.25, 0.3) is 4.96 Å².